The lowest BCUT2D eigenvalue weighted by Crippen LogP contribution is -2.42. The molecule has 5 nitrogen and oxygen atoms in total. The maximum absolute atomic E-state index is 12.2. The highest BCUT2D eigenvalue weighted by molar-refractivity contribution is 5.85. The molecule has 110 valence electrons. The normalized spacial score (nSPS) is 13.9. The maximum atomic E-state index is 12.2. The summed E-state index contributed by atoms with van der Waals surface area (Å²) in [6.45, 7) is 10.1. The van der Waals surface area contributed by atoms with Crippen molar-refractivity contribution in [2.24, 2.45) is 11.3 Å². The summed E-state index contributed by atoms with van der Waals surface area (Å²) in [5.41, 5.74) is -1.05. The number of nitrogens with zero attached hydrogens (tertiary/aromatic N) is 1. The molecule has 0 bridgehead atoms. The molecule has 0 aromatic heterocycles. The molecule has 1 unspecified atom stereocenters. The van der Waals surface area contributed by atoms with Crippen molar-refractivity contribution in [2.45, 2.75) is 27.2 Å². The van der Waals surface area contributed by atoms with Crippen LogP contribution in [0.15, 0.2) is 12.7 Å². The number of carbonyl (C=O) groups is 2. The van der Waals surface area contributed by atoms with E-state index in [2.05, 4.69) is 6.58 Å². The van der Waals surface area contributed by atoms with Crippen molar-refractivity contribution in [1.29, 1.82) is 0 Å². The first-order valence-electron chi connectivity index (χ1n) is 6.40. The lowest BCUT2D eigenvalue weighted by Gasteiger charge is -2.31. The third kappa shape index (κ3) is 5.03. The fraction of sp³-hybridized carbons (Fsp3) is 0.714. The molecular formula is C14H25NO4. The van der Waals surface area contributed by atoms with Crippen molar-refractivity contribution in [3.05, 3.63) is 12.7 Å². The number of carboxylic acid groups (broad SMARTS) is 1. The second-order valence-electron chi connectivity index (χ2n) is 5.18. The summed E-state index contributed by atoms with van der Waals surface area (Å²) in [4.78, 5) is 25.2. The predicted octanol–water partition coefficient (Wildman–Crippen LogP) is 1.78. The van der Waals surface area contributed by atoms with Crippen LogP contribution in [-0.4, -0.2) is 48.7 Å². The van der Waals surface area contributed by atoms with Crippen LogP contribution in [0.25, 0.3) is 0 Å². The second-order valence-corrected chi connectivity index (χ2v) is 5.18. The minimum Gasteiger partial charge on any atom is -0.481 e. The number of methoxy groups -OCH3 is 1. The first-order valence-corrected chi connectivity index (χ1v) is 6.40. The van der Waals surface area contributed by atoms with Crippen LogP contribution in [0, 0.1) is 11.3 Å². The van der Waals surface area contributed by atoms with Crippen LogP contribution in [-0.2, 0) is 14.3 Å². The largest absolute Gasteiger partial charge is 0.481 e. The monoisotopic (exact) mass is 271 g/mol. The molecule has 1 N–H and O–H groups in total. The van der Waals surface area contributed by atoms with E-state index in [0.717, 1.165) is 0 Å². The van der Waals surface area contributed by atoms with Crippen LogP contribution in [0.4, 0.5) is 0 Å². The average Bonchev–Trinajstić information content (AvgIpc) is 2.33. The van der Waals surface area contributed by atoms with Gasteiger partial charge in [0.2, 0.25) is 5.91 Å². The Labute approximate surface area is 115 Å². The van der Waals surface area contributed by atoms with E-state index >= 15 is 0 Å². The van der Waals surface area contributed by atoms with Crippen molar-refractivity contribution in [3.63, 3.8) is 0 Å². The third-order valence-corrected chi connectivity index (χ3v) is 3.55. The van der Waals surface area contributed by atoms with Crippen molar-refractivity contribution < 1.29 is 19.4 Å². The van der Waals surface area contributed by atoms with Crippen LogP contribution in [0.2, 0.25) is 0 Å². The van der Waals surface area contributed by atoms with Crippen molar-refractivity contribution in [2.75, 3.05) is 26.8 Å². The number of carbonyl (C=O) groups excluding carboxylic acids is 1. The van der Waals surface area contributed by atoms with Gasteiger partial charge in [-0.25, -0.2) is 0 Å². The Hall–Kier alpha value is -1.36. The number of amides is 1. The van der Waals surface area contributed by atoms with Crippen molar-refractivity contribution in [1.82, 2.24) is 4.90 Å². The Balaban J connectivity index is 4.85. The van der Waals surface area contributed by atoms with Gasteiger partial charge in [-0.05, 0) is 12.8 Å². The van der Waals surface area contributed by atoms with Gasteiger partial charge < -0.3 is 14.7 Å². The highest BCUT2D eigenvalue weighted by Gasteiger charge is 2.39. The molecule has 0 saturated heterocycles. The molecule has 0 spiro atoms. The van der Waals surface area contributed by atoms with Gasteiger partial charge in [-0.3, -0.25) is 9.59 Å². The first kappa shape index (κ1) is 17.6. The lowest BCUT2D eigenvalue weighted by atomic mass is 9.76. The van der Waals surface area contributed by atoms with E-state index in [-0.39, 0.29) is 18.2 Å². The summed E-state index contributed by atoms with van der Waals surface area (Å²) >= 11 is 0. The van der Waals surface area contributed by atoms with Gasteiger partial charge in [-0.15, -0.1) is 6.58 Å². The maximum Gasteiger partial charge on any atom is 0.310 e. The molecular weight excluding hydrogens is 246 g/mol. The molecule has 19 heavy (non-hydrogen) atoms. The summed E-state index contributed by atoms with van der Waals surface area (Å²) in [6, 6.07) is 0. The molecule has 0 fully saturated rings. The van der Waals surface area contributed by atoms with Crippen LogP contribution < -0.4 is 0 Å². The summed E-state index contributed by atoms with van der Waals surface area (Å²) in [5.74, 6) is -1.25. The lowest BCUT2D eigenvalue weighted by molar-refractivity contribution is -0.155. The third-order valence-electron chi connectivity index (χ3n) is 3.55. The topological polar surface area (TPSA) is 66.8 Å². The Morgan fingerprint density at radius 3 is 2.42 bits per heavy atom. The van der Waals surface area contributed by atoms with E-state index < -0.39 is 11.4 Å². The quantitative estimate of drug-likeness (QED) is 0.649. The molecule has 1 amide bonds. The molecule has 0 aliphatic rings. The molecule has 0 radical (unpaired) electrons. The Bertz CT molecular complexity index is 327. The number of ether oxygens (including phenoxy) is 1. The summed E-state index contributed by atoms with van der Waals surface area (Å²) < 4.78 is 4.95. The Morgan fingerprint density at radius 1 is 1.47 bits per heavy atom. The van der Waals surface area contributed by atoms with E-state index in [1.54, 1.807) is 25.0 Å². The van der Waals surface area contributed by atoms with E-state index in [4.69, 9.17) is 4.74 Å². The fourth-order valence-corrected chi connectivity index (χ4v) is 1.63. The average molecular weight is 271 g/mol. The molecule has 0 aromatic carbocycles. The van der Waals surface area contributed by atoms with Crippen molar-refractivity contribution in [3.8, 4) is 0 Å². The van der Waals surface area contributed by atoms with Crippen molar-refractivity contribution >= 4 is 11.9 Å². The highest BCUT2D eigenvalue weighted by atomic mass is 16.5. The van der Waals surface area contributed by atoms with Gasteiger partial charge in [0.15, 0.2) is 0 Å². The van der Waals surface area contributed by atoms with Gasteiger partial charge in [0.1, 0.15) is 0 Å². The van der Waals surface area contributed by atoms with E-state index in [1.165, 1.54) is 0 Å². The first-order chi connectivity index (χ1) is 8.79. The smallest absolute Gasteiger partial charge is 0.310 e. The van der Waals surface area contributed by atoms with E-state index in [9.17, 15) is 14.7 Å². The van der Waals surface area contributed by atoms with Gasteiger partial charge in [-0.2, -0.15) is 0 Å². The minimum atomic E-state index is -1.05. The SMILES string of the molecule is C=CCN(CCOC)C(=O)CC(C)(C(=O)O)C(C)C. The van der Waals surface area contributed by atoms with E-state index in [1.807, 2.05) is 13.8 Å². The van der Waals surface area contributed by atoms with Crippen LogP contribution in [0.5, 0.6) is 0 Å². The van der Waals surface area contributed by atoms with Gasteiger partial charge in [0.05, 0.1) is 12.0 Å². The van der Waals surface area contributed by atoms with Gasteiger partial charge >= 0.3 is 5.97 Å². The van der Waals surface area contributed by atoms with Crippen LogP contribution >= 0.6 is 0 Å². The Morgan fingerprint density at radius 2 is 2.05 bits per heavy atom. The number of hydrogen-bond acceptors (Lipinski definition) is 3. The molecule has 5 heteroatoms. The molecule has 0 aliphatic heterocycles. The van der Waals surface area contributed by atoms with E-state index in [0.29, 0.717) is 19.7 Å². The summed E-state index contributed by atoms with van der Waals surface area (Å²) in [5, 5.41) is 9.32. The predicted molar refractivity (Wildman–Crippen MR) is 73.9 cm³/mol. The minimum absolute atomic E-state index is 0.0163. The summed E-state index contributed by atoms with van der Waals surface area (Å²) in [7, 11) is 1.56. The molecule has 0 rings (SSSR count). The fourth-order valence-electron chi connectivity index (χ4n) is 1.63. The standard InChI is InChI=1S/C14H25NO4/c1-6-7-15(8-9-19-5)12(16)10-14(4,11(2)3)13(17)18/h6,11H,1,7-10H2,2-5H3,(H,17,18). The second kappa shape index (κ2) is 7.94. The van der Waals surface area contributed by atoms with Gasteiger partial charge in [0.25, 0.3) is 0 Å². The molecule has 0 aromatic rings. The molecule has 0 saturated carbocycles. The number of rotatable bonds is 9. The number of aliphatic carboxylic acids is 1. The number of carboxylic acids is 1. The zero-order valence-corrected chi connectivity index (χ0v) is 12.3. The zero-order chi connectivity index (χ0) is 15.1. The van der Waals surface area contributed by atoms with Crippen LogP contribution in [0.3, 0.4) is 0 Å². The highest BCUT2D eigenvalue weighted by Crippen LogP contribution is 2.32. The molecule has 0 heterocycles. The summed E-state index contributed by atoms with van der Waals surface area (Å²) in [6.07, 6.45) is 1.61. The molecule has 0 aliphatic carbocycles. The zero-order valence-electron chi connectivity index (χ0n) is 12.3. The molecule has 1 atom stereocenters. The number of hydrogen-bond donors (Lipinski definition) is 1. The Kier molecular flexibility index (Phi) is 7.37. The van der Waals surface area contributed by atoms with Gasteiger partial charge in [0, 0.05) is 26.6 Å². The van der Waals surface area contributed by atoms with Gasteiger partial charge in [-0.1, -0.05) is 19.9 Å². The van der Waals surface area contributed by atoms with Crippen LogP contribution in [0.1, 0.15) is 27.2 Å².